The van der Waals surface area contributed by atoms with Gasteiger partial charge in [-0.3, -0.25) is 9.69 Å². The van der Waals surface area contributed by atoms with Gasteiger partial charge in [0.05, 0.1) is 0 Å². The van der Waals surface area contributed by atoms with Crippen LogP contribution in [0.5, 0.6) is 0 Å². The van der Waals surface area contributed by atoms with Crippen molar-refractivity contribution in [2.45, 2.75) is 50.7 Å². The predicted octanol–water partition coefficient (Wildman–Crippen LogP) is 0.545. The third-order valence-corrected chi connectivity index (χ3v) is 4.17. The fourth-order valence-corrected chi connectivity index (χ4v) is 2.87. The molecule has 2 rings (SSSR count). The summed E-state index contributed by atoms with van der Waals surface area (Å²) >= 11 is 0. The van der Waals surface area contributed by atoms with Gasteiger partial charge in [0.15, 0.2) is 5.54 Å². The van der Waals surface area contributed by atoms with E-state index in [1.54, 1.807) is 7.05 Å². The molecule has 1 saturated carbocycles. The minimum absolute atomic E-state index is 0.183. The maximum atomic E-state index is 11.6. The molecule has 1 heterocycles. The van der Waals surface area contributed by atoms with Gasteiger partial charge in [0.2, 0.25) is 5.91 Å². The Morgan fingerprint density at radius 2 is 2.00 bits per heavy atom. The monoisotopic (exact) mass is 240 g/mol. The Morgan fingerprint density at radius 3 is 2.41 bits per heavy atom. The van der Waals surface area contributed by atoms with Crippen LogP contribution in [-0.4, -0.2) is 58.0 Å². The maximum absolute atomic E-state index is 11.6. The van der Waals surface area contributed by atoms with Gasteiger partial charge >= 0.3 is 5.97 Å². The lowest BCUT2D eigenvalue weighted by atomic mass is 9.94. The van der Waals surface area contributed by atoms with Gasteiger partial charge in [0, 0.05) is 32.6 Å². The van der Waals surface area contributed by atoms with Crippen LogP contribution in [0.25, 0.3) is 0 Å². The second-order valence-electron chi connectivity index (χ2n) is 5.37. The van der Waals surface area contributed by atoms with Crippen molar-refractivity contribution >= 4 is 11.9 Å². The van der Waals surface area contributed by atoms with E-state index in [4.69, 9.17) is 0 Å². The first kappa shape index (κ1) is 12.4. The number of amides is 1. The van der Waals surface area contributed by atoms with E-state index in [1.165, 1.54) is 11.8 Å². The number of hydrogen-bond donors (Lipinski definition) is 1. The molecule has 1 aliphatic carbocycles. The Hall–Kier alpha value is -1.10. The first-order valence-corrected chi connectivity index (χ1v) is 6.12. The normalized spacial score (nSPS) is 33.7. The summed E-state index contributed by atoms with van der Waals surface area (Å²) in [5.41, 5.74) is -1.03. The third-order valence-electron chi connectivity index (χ3n) is 4.17. The van der Waals surface area contributed by atoms with Gasteiger partial charge in [-0.2, -0.15) is 0 Å². The highest BCUT2D eigenvalue weighted by Crippen LogP contribution is 2.39. The Labute approximate surface area is 101 Å². The highest BCUT2D eigenvalue weighted by Gasteiger charge is 2.54. The van der Waals surface area contributed by atoms with Gasteiger partial charge < -0.3 is 10.0 Å². The van der Waals surface area contributed by atoms with Crippen molar-refractivity contribution in [3.8, 4) is 0 Å². The zero-order valence-corrected chi connectivity index (χ0v) is 10.6. The van der Waals surface area contributed by atoms with Crippen LogP contribution in [0.3, 0.4) is 0 Å². The van der Waals surface area contributed by atoms with Gasteiger partial charge in [0.1, 0.15) is 0 Å². The highest BCUT2D eigenvalue weighted by atomic mass is 16.4. The van der Waals surface area contributed by atoms with Crippen LogP contribution >= 0.6 is 0 Å². The summed E-state index contributed by atoms with van der Waals surface area (Å²) in [5.74, 6) is -1.07. The van der Waals surface area contributed by atoms with E-state index in [0.29, 0.717) is 19.0 Å². The van der Waals surface area contributed by atoms with Crippen molar-refractivity contribution in [1.29, 1.82) is 0 Å². The number of likely N-dealkylation sites (N-methyl/N-ethyl adjacent to an activating group) is 1. The maximum Gasteiger partial charge on any atom is 0.331 e. The summed E-state index contributed by atoms with van der Waals surface area (Å²) in [6.45, 7) is 3.94. The molecule has 1 N–H and O–H groups in total. The number of carboxylic acids is 1. The average Bonchev–Trinajstić information content (AvgIpc) is 3.01. The lowest BCUT2D eigenvalue weighted by molar-refractivity contribution is -0.156. The summed E-state index contributed by atoms with van der Waals surface area (Å²) < 4.78 is 0. The molecule has 0 aromatic carbocycles. The second-order valence-corrected chi connectivity index (χ2v) is 5.37. The van der Waals surface area contributed by atoms with Gasteiger partial charge in [-0.05, 0) is 26.2 Å². The van der Waals surface area contributed by atoms with E-state index in [2.05, 4.69) is 11.8 Å². The lowest BCUT2D eigenvalue weighted by Gasteiger charge is -2.34. The minimum Gasteiger partial charge on any atom is -0.479 e. The van der Waals surface area contributed by atoms with Crippen LogP contribution in [0.2, 0.25) is 0 Å². The molecular weight excluding hydrogens is 220 g/mol. The van der Waals surface area contributed by atoms with Crippen molar-refractivity contribution < 1.29 is 14.7 Å². The van der Waals surface area contributed by atoms with Crippen LogP contribution in [0, 0.1) is 0 Å². The summed E-state index contributed by atoms with van der Waals surface area (Å²) in [6, 6.07) is 0.770. The minimum atomic E-state index is -1.03. The summed E-state index contributed by atoms with van der Waals surface area (Å²) in [5, 5.41) is 9.50. The van der Waals surface area contributed by atoms with Crippen molar-refractivity contribution in [3.05, 3.63) is 0 Å². The van der Waals surface area contributed by atoms with Gasteiger partial charge in [-0.15, -0.1) is 0 Å². The summed E-state index contributed by atoms with van der Waals surface area (Å²) in [6.07, 6.45) is 2.84. The Bertz CT molecular complexity index is 354. The molecule has 2 atom stereocenters. The van der Waals surface area contributed by atoms with E-state index in [1.807, 2.05) is 0 Å². The van der Waals surface area contributed by atoms with E-state index < -0.39 is 11.5 Å². The number of carboxylic acid groups (broad SMARTS) is 1. The zero-order valence-electron chi connectivity index (χ0n) is 10.6. The molecule has 1 aliphatic heterocycles. The number of nitrogens with zero attached hydrogens (tertiary/aromatic N) is 2. The standard InChI is InChI=1S/C12H20N2O3/c1-8-6-12(11(16)17,13(3)9(2)15)7-14(8)10-4-5-10/h8,10H,4-7H2,1-3H3,(H,16,17). The number of carbonyl (C=O) groups excluding carboxylic acids is 1. The van der Waals surface area contributed by atoms with Crippen LogP contribution in [0.1, 0.15) is 33.1 Å². The molecule has 1 amide bonds. The smallest absolute Gasteiger partial charge is 0.331 e. The van der Waals surface area contributed by atoms with Crippen LogP contribution in [0.15, 0.2) is 0 Å². The Morgan fingerprint density at radius 1 is 1.41 bits per heavy atom. The topological polar surface area (TPSA) is 60.9 Å². The molecule has 0 spiro atoms. The molecule has 0 aromatic rings. The number of rotatable bonds is 3. The molecule has 0 aromatic heterocycles. The molecule has 2 unspecified atom stereocenters. The van der Waals surface area contributed by atoms with Crippen molar-refractivity contribution in [2.24, 2.45) is 0 Å². The first-order valence-electron chi connectivity index (χ1n) is 6.12. The van der Waals surface area contributed by atoms with Crippen molar-refractivity contribution in [2.75, 3.05) is 13.6 Å². The highest BCUT2D eigenvalue weighted by molar-refractivity contribution is 5.86. The lowest BCUT2D eigenvalue weighted by Crippen LogP contribution is -2.56. The second kappa shape index (κ2) is 3.98. The molecule has 0 radical (unpaired) electrons. The molecule has 2 aliphatic rings. The van der Waals surface area contributed by atoms with Gasteiger partial charge in [-0.25, -0.2) is 4.79 Å². The number of carbonyl (C=O) groups is 2. The Balaban J connectivity index is 2.24. The first-order chi connectivity index (χ1) is 7.88. The molecule has 1 saturated heterocycles. The quantitative estimate of drug-likeness (QED) is 0.782. The van der Waals surface area contributed by atoms with Crippen LogP contribution in [-0.2, 0) is 9.59 Å². The molecule has 2 fully saturated rings. The zero-order chi connectivity index (χ0) is 12.8. The third kappa shape index (κ3) is 1.92. The molecule has 96 valence electrons. The predicted molar refractivity (Wildman–Crippen MR) is 62.6 cm³/mol. The van der Waals surface area contributed by atoms with Crippen molar-refractivity contribution in [3.63, 3.8) is 0 Å². The van der Waals surface area contributed by atoms with E-state index in [0.717, 1.165) is 12.8 Å². The summed E-state index contributed by atoms with van der Waals surface area (Å²) in [4.78, 5) is 26.7. The van der Waals surface area contributed by atoms with Gasteiger partial charge in [0.25, 0.3) is 0 Å². The SMILES string of the molecule is CC(=O)N(C)C1(C(=O)O)CC(C)N(C2CC2)C1. The van der Waals surface area contributed by atoms with E-state index in [9.17, 15) is 14.7 Å². The van der Waals surface area contributed by atoms with E-state index >= 15 is 0 Å². The molecule has 5 heteroatoms. The molecule has 0 bridgehead atoms. The number of likely N-dealkylation sites (tertiary alicyclic amines) is 1. The fourth-order valence-electron chi connectivity index (χ4n) is 2.87. The number of hydrogen-bond acceptors (Lipinski definition) is 3. The molecule has 17 heavy (non-hydrogen) atoms. The summed E-state index contributed by atoms with van der Waals surface area (Å²) in [7, 11) is 1.60. The average molecular weight is 240 g/mol. The fraction of sp³-hybridized carbons (Fsp3) is 0.833. The van der Waals surface area contributed by atoms with E-state index in [-0.39, 0.29) is 11.9 Å². The molecule has 5 nitrogen and oxygen atoms in total. The number of aliphatic carboxylic acids is 1. The Kier molecular flexibility index (Phi) is 2.89. The van der Waals surface area contributed by atoms with Gasteiger partial charge in [-0.1, -0.05) is 0 Å². The van der Waals surface area contributed by atoms with Crippen LogP contribution in [0.4, 0.5) is 0 Å². The van der Waals surface area contributed by atoms with Crippen molar-refractivity contribution in [1.82, 2.24) is 9.80 Å². The van der Waals surface area contributed by atoms with Crippen LogP contribution < -0.4 is 0 Å². The molecular formula is C12H20N2O3. The largest absolute Gasteiger partial charge is 0.479 e.